The Labute approximate surface area is 111 Å². The van der Waals surface area contributed by atoms with E-state index in [1.54, 1.807) is 6.07 Å². The van der Waals surface area contributed by atoms with Gasteiger partial charge in [-0.3, -0.25) is 0 Å². The summed E-state index contributed by atoms with van der Waals surface area (Å²) in [5.41, 5.74) is 3.21. The Morgan fingerprint density at radius 3 is 2.32 bits per heavy atom. The molecule has 1 N–H and O–H groups in total. The third kappa shape index (κ3) is 2.05. The Morgan fingerprint density at radius 1 is 1.11 bits per heavy atom. The Hall–Kier alpha value is -2.36. The van der Waals surface area contributed by atoms with E-state index in [2.05, 4.69) is 17.1 Å². The van der Waals surface area contributed by atoms with Gasteiger partial charge in [-0.05, 0) is 42.7 Å². The maximum absolute atomic E-state index is 9.97. The second-order valence-electron chi connectivity index (χ2n) is 4.63. The van der Waals surface area contributed by atoms with Crippen LogP contribution in [-0.2, 0) is 0 Å². The van der Waals surface area contributed by atoms with Crippen LogP contribution in [0.3, 0.4) is 0 Å². The second kappa shape index (κ2) is 4.39. The van der Waals surface area contributed by atoms with Crippen LogP contribution in [0.5, 0.6) is 5.75 Å². The number of rotatable bonds is 2. The van der Waals surface area contributed by atoms with Gasteiger partial charge in [0, 0.05) is 0 Å². The molecule has 1 atom stereocenters. The lowest BCUT2D eigenvalue weighted by Gasteiger charge is -2.09. The fraction of sp³-hybridized carbons (Fsp3) is 0.133. The average molecular weight is 252 g/mol. The highest BCUT2D eigenvalue weighted by atomic mass is 16.3. The zero-order chi connectivity index (χ0) is 13.4. The molecule has 95 valence electrons. The molecule has 1 heterocycles. The van der Waals surface area contributed by atoms with Gasteiger partial charge in [-0.2, -0.15) is 0 Å². The molecule has 19 heavy (non-hydrogen) atoms. The average Bonchev–Trinajstić information content (AvgIpc) is 2.82. The molecule has 0 amide bonds. The first kappa shape index (κ1) is 11.7. The van der Waals surface area contributed by atoms with Gasteiger partial charge in [-0.25, -0.2) is 0 Å². The smallest absolute Gasteiger partial charge is 0.143 e. The van der Waals surface area contributed by atoms with Crippen LogP contribution in [0, 0.1) is 6.92 Å². The van der Waals surface area contributed by atoms with E-state index >= 15 is 0 Å². The largest absolute Gasteiger partial charge is 0.506 e. The maximum Gasteiger partial charge on any atom is 0.143 e. The van der Waals surface area contributed by atoms with Gasteiger partial charge >= 0.3 is 0 Å². The minimum atomic E-state index is 0.143. The standard InChI is InChI=1S/C15H14N3O/c1-10(2)11-7-8-15(19)14(9-11)18-16-12-5-3-4-6-13(12)17-18/h3-10,19H,1H2,2H3. The van der Waals surface area contributed by atoms with Crippen molar-refractivity contribution in [2.75, 3.05) is 0 Å². The molecule has 1 aromatic heterocycles. The van der Waals surface area contributed by atoms with Gasteiger partial charge < -0.3 is 5.11 Å². The maximum atomic E-state index is 9.97. The van der Waals surface area contributed by atoms with Crippen molar-refractivity contribution in [3.05, 3.63) is 55.0 Å². The highest BCUT2D eigenvalue weighted by molar-refractivity contribution is 5.73. The molecule has 0 fully saturated rings. The monoisotopic (exact) mass is 252 g/mol. The molecule has 4 heteroatoms. The van der Waals surface area contributed by atoms with E-state index in [9.17, 15) is 5.11 Å². The van der Waals surface area contributed by atoms with Gasteiger partial charge in [0.25, 0.3) is 0 Å². The molecular weight excluding hydrogens is 238 g/mol. The van der Waals surface area contributed by atoms with Crippen LogP contribution in [0.15, 0.2) is 42.5 Å². The lowest BCUT2D eigenvalue weighted by molar-refractivity contribution is 0.467. The Bertz CT molecular complexity index is 698. The molecule has 0 aliphatic rings. The fourth-order valence-corrected chi connectivity index (χ4v) is 1.97. The number of aromatic nitrogens is 3. The van der Waals surface area contributed by atoms with E-state index in [1.165, 1.54) is 4.80 Å². The topological polar surface area (TPSA) is 50.9 Å². The Balaban J connectivity index is 2.17. The van der Waals surface area contributed by atoms with Crippen molar-refractivity contribution in [3.63, 3.8) is 0 Å². The van der Waals surface area contributed by atoms with Crippen molar-refractivity contribution in [3.8, 4) is 11.4 Å². The van der Waals surface area contributed by atoms with E-state index < -0.39 is 0 Å². The van der Waals surface area contributed by atoms with Crippen molar-refractivity contribution in [1.29, 1.82) is 0 Å². The summed E-state index contributed by atoms with van der Waals surface area (Å²) in [5.74, 6) is 0.300. The summed E-state index contributed by atoms with van der Waals surface area (Å²) in [4.78, 5) is 1.46. The Morgan fingerprint density at radius 2 is 1.74 bits per heavy atom. The molecule has 2 aromatic carbocycles. The van der Waals surface area contributed by atoms with Crippen LogP contribution in [0.1, 0.15) is 18.4 Å². The summed E-state index contributed by atoms with van der Waals surface area (Å²) in [6, 6.07) is 13.0. The van der Waals surface area contributed by atoms with Gasteiger partial charge in [-0.1, -0.05) is 25.1 Å². The molecule has 0 aliphatic heterocycles. The minimum absolute atomic E-state index is 0.143. The van der Waals surface area contributed by atoms with Crippen LogP contribution < -0.4 is 0 Å². The molecule has 4 nitrogen and oxygen atoms in total. The summed E-state index contributed by atoms with van der Waals surface area (Å²) in [7, 11) is 0. The quantitative estimate of drug-likeness (QED) is 0.762. The molecule has 3 rings (SSSR count). The molecule has 0 spiro atoms. The highest BCUT2D eigenvalue weighted by Crippen LogP contribution is 2.26. The first-order chi connectivity index (χ1) is 9.15. The van der Waals surface area contributed by atoms with Crippen molar-refractivity contribution >= 4 is 11.0 Å². The van der Waals surface area contributed by atoms with Crippen LogP contribution in [-0.4, -0.2) is 20.1 Å². The number of hydrogen-bond donors (Lipinski definition) is 1. The molecule has 0 aliphatic carbocycles. The van der Waals surface area contributed by atoms with Crippen LogP contribution in [0.2, 0.25) is 0 Å². The van der Waals surface area contributed by atoms with Crippen molar-refractivity contribution in [2.45, 2.75) is 12.8 Å². The van der Waals surface area contributed by atoms with E-state index in [1.807, 2.05) is 43.3 Å². The lowest BCUT2D eigenvalue weighted by Crippen LogP contribution is -2.00. The molecule has 1 radical (unpaired) electrons. The van der Waals surface area contributed by atoms with Crippen LogP contribution in [0.4, 0.5) is 0 Å². The number of phenols is 1. The van der Waals surface area contributed by atoms with Crippen molar-refractivity contribution < 1.29 is 5.11 Å². The number of hydrogen-bond acceptors (Lipinski definition) is 3. The predicted molar refractivity (Wildman–Crippen MR) is 74.3 cm³/mol. The van der Waals surface area contributed by atoms with Crippen molar-refractivity contribution in [2.24, 2.45) is 0 Å². The third-order valence-corrected chi connectivity index (χ3v) is 3.07. The molecule has 0 saturated heterocycles. The number of benzene rings is 2. The van der Waals surface area contributed by atoms with Crippen LogP contribution in [0.25, 0.3) is 16.7 Å². The lowest BCUT2D eigenvalue weighted by atomic mass is 10.0. The molecule has 0 saturated carbocycles. The van der Waals surface area contributed by atoms with E-state index in [4.69, 9.17) is 0 Å². The summed E-state index contributed by atoms with van der Waals surface area (Å²) >= 11 is 0. The van der Waals surface area contributed by atoms with Gasteiger partial charge in [0.05, 0.1) is 0 Å². The minimum Gasteiger partial charge on any atom is -0.506 e. The molecular formula is C15H14N3O. The molecule has 3 aromatic rings. The first-order valence-corrected chi connectivity index (χ1v) is 6.13. The van der Waals surface area contributed by atoms with E-state index in [0.717, 1.165) is 16.6 Å². The Kier molecular flexibility index (Phi) is 2.71. The van der Waals surface area contributed by atoms with Gasteiger partial charge in [-0.15, -0.1) is 15.0 Å². The SMILES string of the molecule is [CH2]C(C)c1ccc(O)c(-n2nc3ccccc3n2)c1. The van der Waals surface area contributed by atoms with E-state index in [0.29, 0.717) is 5.69 Å². The van der Waals surface area contributed by atoms with E-state index in [-0.39, 0.29) is 11.7 Å². The highest BCUT2D eigenvalue weighted by Gasteiger charge is 2.10. The normalized spacial score (nSPS) is 11.3. The molecule has 1 unspecified atom stereocenters. The number of fused-ring (bicyclic) bond motifs is 1. The first-order valence-electron chi connectivity index (χ1n) is 6.13. The fourth-order valence-electron chi connectivity index (χ4n) is 1.97. The number of nitrogens with zero attached hydrogens (tertiary/aromatic N) is 3. The predicted octanol–water partition coefficient (Wildman–Crippen LogP) is 3.06. The summed E-state index contributed by atoms with van der Waals surface area (Å²) < 4.78 is 0. The second-order valence-corrected chi connectivity index (χ2v) is 4.63. The van der Waals surface area contributed by atoms with Crippen LogP contribution >= 0.6 is 0 Å². The van der Waals surface area contributed by atoms with Gasteiger partial charge in [0.2, 0.25) is 0 Å². The summed E-state index contributed by atoms with van der Waals surface area (Å²) in [6.45, 7) is 5.99. The van der Waals surface area contributed by atoms with Gasteiger partial charge in [0.1, 0.15) is 22.5 Å². The number of aromatic hydroxyl groups is 1. The van der Waals surface area contributed by atoms with Crippen molar-refractivity contribution in [1.82, 2.24) is 15.0 Å². The zero-order valence-electron chi connectivity index (χ0n) is 10.6. The summed E-state index contributed by atoms with van der Waals surface area (Å²) in [5, 5.41) is 18.7. The number of phenolic OH excluding ortho intramolecular Hbond substituents is 1. The van der Waals surface area contributed by atoms with Gasteiger partial charge in [0.15, 0.2) is 0 Å². The molecule has 0 bridgehead atoms. The summed E-state index contributed by atoms with van der Waals surface area (Å²) in [6.07, 6.45) is 0. The zero-order valence-corrected chi connectivity index (χ0v) is 10.6. The third-order valence-electron chi connectivity index (χ3n) is 3.07.